The maximum atomic E-state index is 12.8. The third-order valence-corrected chi connectivity index (χ3v) is 3.85. The van der Waals surface area contributed by atoms with E-state index in [9.17, 15) is 4.39 Å². The summed E-state index contributed by atoms with van der Waals surface area (Å²) in [6, 6.07) is 5.81. The summed E-state index contributed by atoms with van der Waals surface area (Å²) in [5.74, 6) is 0.651. The first-order chi connectivity index (χ1) is 9.26. The molecule has 0 aliphatic carbocycles. The van der Waals surface area contributed by atoms with E-state index >= 15 is 0 Å². The number of piperazine rings is 1. The highest BCUT2D eigenvalue weighted by Gasteiger charge is 2.22. The SMILES string of the molecule is COc1cc([C@@H](CCF)N2CCNCC2)ccc1Cl.Cl. The van der Waals surface area contributed by atoms with E-state index in [1.54, 1.807) is 7.11 Å². The third-order valence-electron chi connectivity index (χ3n) is 3.53. The molecule has 2 rings (SSSR count). The molecule has 1 aromatic rings. The second-order valence-electron chi connectivity index (χ2n) is 4.67. The third kappa shape index (κ3) is 4.22. The Morgan fingerprint density at radius 2 is 2.10 bits per heavy atom. The minimum Gasteiger partial charge on any atom is -0.495 e. The first kappa shape index (κ1) is 17.5. The van der Waals surface area contributed by atoms with Crippen LogP contribution in [0.15, 0.2) is 18.2 Å². The van der Waals surface area contributed by atoms with E-state index < -0.39 is 0 Å². The van der Waals surface area contributed by atoms with Crippen molar-refractivity contribution in [2.24, 2.45) is 0 Å². The first-order valence-corrected chi connectivity index (χ1v) is 6.98. The standard InChI is InChI=1S/C14H20ClFN2O.ClH/c1-19-14-10-11(2-3-12(14)15)13(4-5-16)18-8-6-17-7-9-18;/h2-3,10,13,17H,4-9H2,1H3;1H/t13-;/m1./s1. The molecular formula is C14H21Cl2FN2O. The van der Waals surface area contributed by atoms with E-state index in [1.165, 1.54) is 0 Å². The number of halogens is 3. The van der Waals surface area contributed by atoms with Gasteiger partial charge in [0.15, 0.2) is 0 Å². The number of nitrogens with one attached hydrogen (secondary N) is 1. The summed E-state index contributed by atoms with van der Waals surface area (Å²) in [6.45, 7) is 3.46. The van der Waals surface area contributed by atoms with Crippen molar-refractivity contribution in [1.29, 1.82) is 0 Å². The topological polar surface area (TPSA) is 24.5 Å². The molecule has 1 fully saturated rings. The van der Waals surface area contributed by atoms with Crippen molar-refractivity contribution in [2.45, 2.75) is 12.5 Å². The average Bonchev–Trinajstić information content (AvgIpc) is 2.46. The van der Waals surface area contributed by atoms with E-state index in [-0.39, 0.29) is 25.1 Å². The van der Waals surface area contributed by atoms with Crippen LogP contribution >= 0.6 is 24.0 Å². The zero-order valence-electron chi connectivity index (χ0n) is 11.6. The molecule has 1 aromatic carbocycles. The molecule has 20 heavy (non-hydrogen) atoms. The molecule has 0 saturated carbocycles. The fourth-order valence-electron chi connectivity index (χ4n) is 2.54. The van der Waals surface area contributed by atoms with E-state index in [2.05, 4.69) is 10.2 Å². The Morgan fingerprint density at radius 3 is 2.70 bits per heavy atom. The Kier molecular flexibility index (Phi) is 7.59. The van der Waals surface area contributed by atoms with Gasteiger partial charge < -0.3 is 10.1 Å². The molecule has 1 N–H and O–H groups in total. The summed E-state index contributed by atoms with van der Waals surface area (Å²) in [5, 5.41) is 3.90. The normalized spacial score (nSPS) is 17.4. The fourth-order valence-corrected chi connectivity index (χ4v) is 2.74. The molecule has 114 valence electrons. The van der Waals surface area contributed by atoms with Crippen molar-refractivity contribution in [2.75, 3.05) is 40.0 Å². The second kappa shape index (κ2) is 8.67. The highest BCUT2D eigenvalue weighted by atomic mass is 35.5. The lowest BCUT2D eigenvalue weighted by atomic mass is 10.0. The van der Waals surface area contributed by atoms with Crippen LogP contribution in [-0.2, 0) is 0 Å². The van der Waals surface area contributed by atoms with Crippen molar-refractivity contribution in [3.8, 4) is 5.75 Å². The van der Waals surface area contributed by atoms with Gasteiger partial charge in [-0.2, -0.15) is 0 Å². The Hall–Kier alpha value is -0.550. The van der Waals surface area contributed by atoms with Gasteiger partial charge in [-0.25, -0.2) is 0 Å². The van der Waals surface area contributed by atoms with Gasteiger partial charge in [0.1, 0.15) is 5.75 Å². The number of alkyl halides is 1. The summed E-state index contributed by atoms with van der Waals surface area (Å²) in [4.78, 5) is 2.32. The largest absolute Gasteiger partial charge is 0.495 e. The predicted molar refractivity (Wildman–Crippen MR) is 83.0 cm³/mol. The van der Waals surface area contributed by atoms with Crippen LogP contribution in [0.4, 0.5) is 4.39 Å². The molecule has 1 aliphatic heterocycles. The lowest BCUT2D eigenvalue weighted by molar-refractivity contribution is 0.157. The van der Waals surface area contributed by atoms with Crippen molar-refractivity contribution >= 4 is 24.0 Å². The van der Waals surface area contributed by atoms with Crippen LogP contribution in [0.3, 0.4) is 0 Å². The van der Waals surface area contributed by atoms with Gasteiger partial charge >= 0.3 is 0 Å². The molecule has 3 nitrogen and oxygen atoms in total. The zero-order valence-corrected chi connectivity index (χ0v) is 13.1. The van der Waals surface area contributed by atoms with Gasteiger partial charge in [-0.05, 0) is 24.1 Å². The molecule has 1 heterocycles. The van der Waals surface area contributed by atoms with Gasteiger partial charge in [0.25, 0.3) is 0 Å². The van der Waals surface area contributed by atoms with Gasteiger partial charge in [-0.1, -0.05) is 17.7 Å². The molecule has 1 atom stereocenters. The van der Waals surface area contributed by atoms with E-state index in [0.717, 1.165) is 31.7 Å². The maximum Gasteiger partial charge on any atom is 0.137 e. The lowest BCUT2D eigenvalue weighted by Gasteiger charge is -2.35. The fraction of sp³-hybridized carbons (Fsp3) is 0.571. The predicted octanol–water partition coefficient (Wildman–Crippen LogP) is 3.08. The van der Waals surface area contributed by atoms with Crippen molar-refractivity contribution in [1.82, 2.24) is 10.2 Å². The zero-order chi connectivity index (χ0) is 13.7. The molecule has 0 radical (unpaired) electrons. The van der Waals surface area contributed by atoms with Crippen LogP contribution in [0, 0.1) is 0 Å². The van der Waals surface area contributed by atoms with E-state index in [1.807, 2.05) is 18.2 Å². The Morgan fingerprint density at radius 1 is 1.40 bits per heavy atom. The summed E-state index contributed by atoms with van der Waals surface area (Å²) in [6.07, 6.45) is 0.505. The van der Waals surface area contributed by atoms with Crippen LogP contribution in [0.25, 0.3) is 0 Å². The Balaban J connectivity index is 0.00000200. The van der Waals surface area contributed by atoms with Crippen molar-refractivity contribution in [3.63, 3.8) is 0 Å². The van der Waals surface area contributed by atoms with Crippen LogP contribution in [0.5, 0.6) is 5.75 Å². The smallest absolute Gasteiger partial charge is 0.137 e. The maximum absolute atomic E-state index is 12.8. The summed E-state index contributed by atoms with van der Waals surface area (Å²) in [7, 11) is 1.60. The Bertz CT molecular complexity index is 414. The van der Waals surface area contributed by atoms with Crippen LogP contribution in [0.2, 0.25) is 5.02 Å². The molecular weight excluding hydrogens is 302 g/mol. The molecule has 0 unspecified atom stereocenters. The molecule has 1 saturated heterocycles. The minimum atomic E-state index is -0.320. The number of hydrogen-bond donors (Lipinski definition) is 1. The quantitative estimate of drug-likeness (QED) is 0.901. The number of ether oxygens (including phenoxy) is 1. The number of nitrogens with zero attached hydrogens (tertiary/aromatic N) is 1. The number of rotatable bonds is 5. The average molecular weight is 323 g/mol. The number of hydrogen-bond acceptors (Lipinski definition) is 3. The van der Waals surface area contributed by atoms with Gasteiger partial charge in [0.2, 0.25) is 0 Å². The van der Waals surface area contributed by atoms with Gasteiger partial charge in [-0.3, -0.25) is 9.29 Å². The van der Waals surface area contributed by atoms with Crippen LogP contribution in [0.1, 0.15) is 18.0 Å². The minimum absolute atomic E-state index is 0. The van der Waals surface area contributed by atoms with Gasteiger partial charge in [-0.15, -0.1) is 12.4 Å². The van der Waals surface area contributed by atoms with Crippen molar-refractivity contribution < 1.29 is 9.13 Å². The van der Waals surface area contributed by atoms with E-state index in [0.29, 0.717) is 17.2 Å². The molecule has 0 amide bonds. The molecule has 1 aliphatic rings. The highest BCUT2D eigenvalue weighted by molar-refractivity contribution is 6.32. The number of benzene rings is 1. The summed E-state index contributed by atoms with van der Waals surface area (Å²) in [5.41, 5.74) is 1.07. The monoisotopic (exact) mass is 322 g/mol. The summed E-state index contributed by atoms with van der Waals surface area (Å²) < 4.78 is 18.1. The second-order valence-corrected chi connectivity index (χ2v) is 5.08. The number of methoxy groups -OCH3 is 1. The molecule has 0 bridgehead atoms. The molecule has 0 aromatic heterocycles. The van der Waals surface area contributed by atoms with Crippen molar-refractivity contribution in [3.05, 3.63) is 28.8 Å². The Labute approximate surface area is 130 Å². The lowest BCUT2D eigenvalue weighted by Crippen LogP contribution is -2.45. The van der Waals surface area contributed by atoms with Crippen LogP contribution < -0.4 is 10.1 Å². The molecule has 0 spiro atoms. The molecule has 6 heteroatoms. The highest BCUT2D eigenvalue weighted by Crippen LogP contribution is 2.31. The van der Waals surface area contributed by atoms with Gasteiger partial charge in [0.05, 0.1) is 18.8 Å². The summed E-state index contributed by atoms with van der Waals surface area (Å²) >= 11 is 6.04. The van der Waals surface area contributed by atoms with Crippen LogP contribution in [-0.4, -0.2) is 44.9 Å². The first-order valence-electron chi connectivity index (χ1n) is 6.60. The van der Waals surface area contributed by atoms with E-state index in [4.69, 9.17) is 16.3 Å². The van der Waals surface area contributed by atoms with Gasteiger partial charge in [0, 0.05) is 32.2 Å².